The number of hydrogen-bond acceptors (Lipinski definition) is 5. The fourth-order valence-corrected chi connectivity index (χ4v) is 2.34. The van der Waals surface area contributed by atoms with Gasteiger partial charge in [-0.1, -0.05) is 26.0 Å². The van der Waals surface area contributed by atoms with Gasteiger partial charge in [-0.3, -0.25) is 0 Å². The molecule has 3 aromatic rings. The number of hydrogen-bond donors (Lipinski definition) is 1. The predicted molar refractivity (Wildman–Crippen MR) is 103 cm³/mol. The number of halogens is 1. The molecule has 0 fully saturated rings. The first-order valence-corrected chi connectivity index (χ1v) is 8.57. The molecule has 0 saturated carbocycles. The summed E-state index contributed by atoms with van der Waals surface area (Å²) in [5.74, 6) is 0.917. The van der Waals surface area contributed by atoms with E-state index in [0.717, 1.165) is 10.9 Å². The van der Waals surface area contributed by atoms with Crippen molar-refractivity contribution in [3.8, 4) is 5.75 Å². The van der Waals surface area contributed by atoms with Crippen LogP contribution < -0.4 is 10.1 Å². The van der Waals surface area contributed by atoms with Crippen LogP contribution >= 0.6 is 0 Å². The van der Waals surface area contributed by atoms with Crippen molar-refractivity contribution in [2.24, 2.45) is 0 Å². The minimum absolute atomic E-state index is 0.295. The number of nitrogens with zero attached hydrogens (tertiary/aromatic N) is 2. The van der Waals surface area contributed by atoms with Crippen molar-refractivity contribution in [2.45, 2.75) is 20.8 Å². The van der Waals surface area contributed by atoms with Crippen LogP contribution in [0.15, 0.2) is 42.7 Å². The molecular formula is C20H24FN3O2. The molecule has 0 atom stereocenters. The monoisotopic (exact) mass is 357 g/mol. The zero-order valence-electron chi connectivity index (χ0n) is 15.5. The molecule has 1 N–H and O–H groups in total. The van der Waals surface area contributed by atoms with Crippen molar-refractivity contribution in [3.05, 3.63) is 54.1 Å². The highest BCUT2D eigenvalue weighted by Gasteiger charge is 2.09. The Hall–Kier alpha value is -2.73. The molecule has 0 saturated heterocycles. The molecule has 0 unspecified atom stereocenters. The van der Waals surface area contributed by atoms with Crippen LogP contribution in [0, 0.1) is 12.7 Å². The van der Waals surface area contributed by atoms with Gasteiger partial charge in [0, 0.05) is 12.5 Å². The normalized spacial score (nSPS) is 10.2. The van der Waals surface area contributed by atoms with Crippen molar-refractivity contribution in [2.75, 3.05) is 25.6 Å². The number of nitrogens with one attached hydrogen (secondary N) is 1. The maximum absolute atomic E-state index is 14.2. The van der Waals surface area contributed by atoms with Gasteiger partial charge in [-0.15, -0.1) is 0 Å². The molecule has 138 valence electrons. The van der Waals surface area contributed by atoms with Crippen LogP contribution in [0.1, 0.15) is 19.4 Å². The summed E-state index contributed by atoms with van der Waals surface area (Å²) in [4.78, 5) is 8.48. The number of aryl methyl sites for hydroxylation is 1. The Kier molecular flexibility index (Phi) is 7.29. The summed E-state index contributed by atoms with van der Waals surface area (Å²) in [6.07, 6.45) is 1.45. The number of rotatable bonds is 6. The Labute approximate surface area is 153 Å². The second kappa shape index (κ2) is 9.68. The minimum Gasteiger partial charge on any atom is -0.491 e. The molecule has 2 aromatic carbocycles. The van der Waals surface area contributed by atoms with Gasteiger partial charge in [-0.05, 0) is 36.8 Å². The molecule has 1 aromatic heterocycles. The van der Waals surface area contributed by atoms with Crippen LogP contribution in [0.5, 0.6) is 5.75 Å². The number of methoxy groups -OCH3 is 1. The van der Waals surface area contributed by atoms with Gasteiger partial charge in [-0.2, -0.15) is 0 Å². The number of fused-ring (bicyclic) bond motifs is 1. The minimum atomic E-state index is -0.295. The van der Waals surface area contributed by atoms with E-state index in [1.807, 2.05) is 32.0 Å². The molecule has 0 radical (unpaired) electrons. The lowest BCUT2D eigenvalue weighted by atomic mass is 10.2. The van der Waals surface area contributed by atoms with E-state index in [4.69, 9.17) is 9.47 Å². The van der Waals surface area contributed by atoms with E-state index in [2.05, 4.69) is 15.3 Å². The molecular weight excluding hydrogens is 333 g/mol. The summed E-state index contributed by atoms with van der Waals surface area (Å²) in [7, 11) is 1.62. The van der Waals surface area contributed by atoms with Crippen LogP contribution in [0.2, 0.25) is 0 Å². The number of anilines is 2. The van der Waals surface area contributed by atoms with Crippen molar-refractivity contribution < 1.29 is 13.9 Å². The first-order chi connectivity index (χ1) is 12.7. The lowest BCUT2D eigenvalue weighted by Crippen LogP contribution is -2.04. The van der Waals surface area contributed by atoms with Gasteiger partial charge in [0.1, 0.15) is 30.3 Å². The highest BCUT2D eigenvalue weighted by molar-refractivity contribution is 5.91. The first-order valence-electron chi connectivity index (χ1n) is 8.57. The average molecular weight is 357 g/mol. The maximum atomic E-state index is 14.2. The Bertz CT molecular complexity index is 856. The molecule has 1 heterocycles. The van der Waals surface area contributed by atoms with E-state index in [1.165, 1.54) is 6.33 Å². The second-order valence-electron chi connectivity index (χ2n) is 5.30. The zero-order valence-corrected chi connectivity index (χ0v) is 15.5. The van der Waals surface area contributed by atoms with E-state index in [0.29, 0.717) is 36.0 Å². The Balaban J connectivity index is 0.00000117. The zero-order chi connectivity index (χ0) is 18.9. The van der Waals surface area contributed by atoms with Crippen molar-refractivity contribution in [1.29, 1.82) is 0 Å². The Morgan fingerprint density at radius 3 is 2.65 bits per heavy atom. The smallest absolute Gasteiger partial charge is 0.149 e. The van der Waals surface area contributed by atoms with Crippen LogP contribution in [0.25, 0.3) is 10.9 Å². The molecule has 0 amide bonds. The third-order valence-corrected chi connectivity index (χ3v) is 3.61. The van der Waals surface area contributed by atoms with Gasteiger partial charge in [0.05, 0.1) is 17.8 Å². The molecule has 0 bridgehead atoms. The van der Waals surface area contributed by atoms with Crippen LogP contribution in [0.4, 0.5) is 15.9 Å². The van der Waals surface area contributed by atoms with E-state index in [1.54, 1.807) is 32.2 Å². The molecule has 6 heteroatoms. The number of ether oxygens (including phenoxy) is 2. The molecule has 3 rings (SSSR count). The summed E-state index contributed by atoms with van der Waals surface area (Å²) in [5.41, 5.74) is 1.70. The quantitative estimate of drug-likeness (QED) is 0.638. The number of benzene rings is 2. The van der Waals surface area contributed by atoms with Gasteiger partial charge >= 0.3 is 0 Å². The van der Waals surface area contributed by atoms with Gasteiger partial charge in [-0.25, -0.2) is 14.4 Å². The highest BCUT2D eigenvalue weighted by atomic mass is 19.1. The highest BCUT2D eigenvalue weighted by Crippen LogP contribution is 2.28. The molecule has 0 aliphatic rings. The van der Waals surface area contributed by atoms with Gasteiger partial charge in [0.25, 0.3) is 0 Å². The molecule has 5 nitrogen and oxygen atoms in total. The standard InChI is InChI=1S/C18H18FN3O2.C2H6/c1-12-4-3-5-16(17(12)19)22-18-14-10-13(24-9-8-23-2)6-7-15(14)20-11-21-18;1-2/h3-7,10-11H,8-9H2,1-2H3,(H,20,21,22);1-2H3. The largest absolute Gasteiger partial charge is 0.491 e. The average Bonchev–Trinajstić information content (AvgIpc) is 2.67. The fourth-order valence-electron chi connectivity index (χ4n) is 2.34. The summed E-state index contributed by atoms with van der Waals surface area (Å²) in [5, 5.41) is 3.80. The summed E-state index contributed by atoms with van der Waals surface area (Å²) < 4.78 is 24.8. The summed E-state index contributed by atoms with van der Waals surface area (Å²) >= 11 is 0. The van der Waals surface area contributed by atoms with Crippen LogP contribution in [0.3, 0.4) is 0 Å². The van der Waals surface area contributed by atoms with Gasteiger partial charge in [0.2, 0.25) is 0 Å². The van der Waals surface area contributed by atoms with Crippen molar-refractivity contribution in [1.82, 2.24) is 9.97 Å². The van der Waals surface area contributed by atoms with Crippen molar-refractivity contribution >= 4 is 22.4 Å². The van der Waals surface area contributed by atoms with E-state index in [9.17, 15) is 4.39 Å². The van der Waals surface area contributed by atoms with Crippen molar-refractivity contribution in [3.63, 3.8) is 0 Å². The lowest BCUT2D eigenvalue weighted by Gasteiger charge is -2.11. The third-order valence-electron chi connectivity index (χ3n) is 3.61. The third kappa shape index (κ3) is 4.67. The molecule has 0 spiro atoms. The maximum Gasteiger partial charge on any atom is 0.149 e. The predicted octanol–water partition coefficient (Wildman–Crippen LogP) is 4.87. The summed E-state index contributed by atoms with van der Waals surface area (Å²) in [6, 6.07) is 10.7. The second-order valence-corrected chi connectivity index (χ2v) is 5.30. The fraction of sp³-hybridized carbons (Fsp3) is 0.300. The lowest BCUT2D eigenvalue weighted by molar-refractivity contribution is 0.146. The SMILES string of the molecule is CC.COCCOc1ccc2ncnc(Nc3cccc(C)c3F)c2c1. The van der Waals surface area contributed by atoms with Crippen LogP contribution in [-0.2, 0) is 4.74 Å². The molecule has 0 aliphatic heterocycles. The first kappa shape index (κ1) is 19.6. The topological polar surface area (TPSA) is 56.3 Å². The van der Waals surface area contributed by atoms with E-state index < -0.39 is 0 Å². The van der Waals surface area contributed by atoms with Gasteiger partial charge in [0.15, 0.2) is 0 Å². The van der Waals surface area contributed by atoms with E-state index in [-0.39, 0.29) is 5.82 Å². The Morgan fingerprint density at radius 1 is 1.08 bits per heavy atom. The van der Waals surface area contributed by atoms with Crippen LogP contribution in [-0.4, -0.2) is 30.3 Å². The molecule has 26 heavy (non-hydrogen) atoms. The van der Waals surface area contributed by atoms with E-state index >= 15 is 0 Å². The van der Waals surface area contributed by atoms with Gasteiger partial charge < -0.3 is 14.8 Å². The number of aromatic nitrogens is 2. The molecule has 0 aliphatic carbocycles. The summed E-state index contributed by atoms with van der Waals surface area (Å²) in [6.45, 7) is 6.67. The Morgan fingerprint density at radius 2 is 1.88 bits per heavy atom.